The number of anilines is 1. The molecule has 0 atom stereocenters. The van der Waals surface area contributed by atoms with E-state index in [0.717, 1.165) is 46.3 Å². The second-order valence-electron chi connectivity index (χ2n) is 12.4. The zero-order chi connectivity index (χ0) is 30.8. The molecule has 0 bridgehead atoms. The maximum Gasteiger partial charge on any atom is 0.159 e. The SMILES string of the molecule is CN(C)CCOc1cc(F)cc(-c2nccc3[nH]c(-c4n[nH]c5cnc(-c6cncc(NCCC(C)(C)C)c6)cc45)nc23)c1. The molecule has 0 unspecified atom stereocenters. The van der Waals surface area contributed by atoms with Gasteiger partial charge in [0.25, 0.3) is 0 Å². The lowest BCUT2D eigenvalue weighted by atomic mass is 9.92. The first-order valence-corrected chi connectivity index (χ1v) is 14.6. The predicted molar refractivity (Wildman–Crippen MR) is 172 cm³/mol. The van der Waals surface area contributed by atoms with E-state index in [1.807, 2.05) is 37.3 Å². The molecule has 6 rings (SSSR count). The number of aromatic nitrogens is 7. The quantitative estimate of drug-likeness (QED) is 0.164. The highest BCUT2D eigenvalue weighted by molar-refractivity contribution is 5.97. The molecule has 226 valence electrons. The molecule has 10 nitrogen and oxygen atoms in total. The maximum atomic E-state index is 14.6. The summed E-state index contributed by atoms with van der Waals surface area (Å²) in [5.74, 6) is 0.600. The van der Waals surface area contributed by atoms with Crippen LogP contribution >= 0.6 is 0 Å². The monoisotopic (exact) mass is 593 g/mol. The van der Waals surface area contributed by atoms with Crippen LogP contribution in [0.3, 0.4) is 0 Å². The van der Waals surface area contributed by atoms with Crippen molar-refractivity contribution in [3.05, 3.63) is 67.0 Å². The van der Waals surface area contributed by atoms with Crippen LogP contribution in [0.2, 0.25) is 0 Å². The number of fused-ring (bicyclic) bond motifs is 2. The minimum atomic E-state index is -0.404. The van der Waals surface area contributed by atoms with E-state index in [1.54, 1.807) is 24.7 Å². The topological polar surface area (TPSA) is 121 Å². The van der Waals surface area contributed by atoms with E-state index in [9.17, 15) is 4.39 Å². The van der Waals surface area contributed by atoms with Gasteiger partial charge in [-0.3, -0.25) is 20.1 Å². The lowest BCUT2D eigenvalue weighted by molar-refractivity contribution is 0.260. The van der Waals surface area contributed by atoms with Crippen molar-refractivity contribution in [3.8, 4) is 39.8 Å². The molecule has 5 heterocycles. The Balaban J connectivity index is 1.32. The molecule has 3 N–H and O–H groups in total. The van der Waals surface area contributed by atoms with Gasteiger partial charge in [0.2, 0.25) is 0 Å². The molecule has 0 aliphatic rings. The minimum absolute atomic E-state index is 0.246. The Morgan fingerprint density at radius 3 is 2.64 bits per heavy atom. The number of nitrogens with one attached hydrogen (secondary N) is 3. The van der Waals surface area contributed by atoms with Crippen LogP contribution < -0.4 is 10.1 Å². The molecule has 0 aliphatic carbocycles. The first-order chi connectivity index (χ1) is 21.1. The van der Waals surface area contributed by atoms with Crippen LogP contribution in [0, 0.1) is 11.2 Å². The number of imidazole rings is 1. The Morgan fingerprint density at radius 1 is 0.955 bits per heavy atom. The normalized spacial score (nSPS) is 12.0. The number of nitrogens with zero attached hydrogens (tertiary/aromatic N) is 6. The third-order valence-corrected chi connectivity index (χ3v) is 7.26. The summed E-state index contributed by atoms with van der Waals surface area (Å²) in [6.45, 7) is 8.70. The van der Waals surface area contributed by atoms with Crippen molar-refractivity contribution in [2.45, 2.75) is 27.2 Å². The van der Waals surface area contributed by atoms with Crippen molar-refractivity contribution in [3.63, 3.8) is 0 Å². The predicted octanol–water partition coefficient (Wildman–Crippen LogP) is 6.55. The average Bonchev–Trinajstić information content (AvgIpc) is 3.60. The Kier molecular flexibility index (Phi) is 7.96. The molecule has 0 saturated carbocycles. The molecule has 11 heteroatoms. The number of halogens is 1. The largest absolute Gasteiger partial charge is 0.492 e. The number of benzene rings is 1. The summed E-state index contributed by atoms with van der Waals surface area (Å²) in [7, 11) is 3.92. The number of rotatable bonds is 10. The minimum Gasteiger partial charge on any atom is -0.492 e. The van der Waals surface area contributed by atoms with Gasteiger partial charge in [-0.1, -0.05) is 20.8 Å². The Labute approximate surface area is 255 Å². The zero-order valence-corrected chi connectivity index (χ0v) is 25.6. The van der Waals surface area contributed by atoms with Gasteiger partial charge in [-0.25, -0.2) is 9.37 Å². The first kappa shape index (κ1) is 29.2. The van der Waals surface area contributed by atoms with E-state index < -0.39 is 5.82 Å². The Hall–Kier alpha value is -4.90. The smallest absolute Gasteiger partial charge is 0.159 e. The molecule has 0 fully saturated rings. The van der Waals surface area contributed by atoms with Gasteiger partial charge in [0, 0.05) is 54.3 Å². The number of H-pyrrole nitrogens is 2. The maximum absolute atomic E-state index is 14.6. The summed E-state index contributed by atoms with van der Waals surface area (Å²) in [5.41, 5.74) is 6.77. The van der Waals surface area contributed by atoms with Crippen LogP contribution in [0.1, 0.15) is 27.2 Å². The van der Waals surface area contributed by atoms with Gasteiger partial charge >= 0.3 is 0 Å². The number of hydrogen-bond donors (Lipinski definition) is 3. The molecule has 6 aromatic rings. The lowest BCUT2D eigenvalue weighted by Crippen LogP contribution is -2.19. The zero-order valence-electron chi connectivity index (χ0n) is 25.6. The van der Waals surface area contributed by atoms with Crippen LogP contribution in [0.5, 0.6) is 5.75 Å². The van der Waals surface area contributed by atoms with Gasteiger partial charge in [0.15, 0.2) is 5.82 Å². The number of pyridine rings is 3. The summed E-state index contributed by atoms with van der Waals surface area (Å²) >= 11 is 0. The fraction of sp³-hybridized carbons (Fsp3) is 0.303. The van der Waals surface area contributed by atoms with Gasteiger partial charge in [0.05, 0.1) is 34.3 Å². The van der Waals surface area contributed by atoms with Crippen molar-refractivity contribution in [2.24, 2.45) is 5.41 Å². The standard InChI is InChI=1S/C33H36FN9O/c1-33(2,3)7-9-36-23-13-21(17-35-18-23)27-16-25-28(19-38-27)41-42-30(25)32-39-26-6-8-37-29(31(26)40-32)20-12-22(34)15-24(14-20)44-11-10-43(4)5/h6,8,12-19,36H,7,9-11H2,1-5H3,(H,39,40)(H,41,42). The fourth-order valence-electron chi connectivity index (χ4n) is 4.90. The first-order valence-electron chi connectivity index (χ1n) is 14.6. The van der Waals surface area contributed by atoms with Crippen molar-refractivity contribution < 1.29 is 9.13 Å². The van der Waals surface area contributed by atoms with Gasteiger partial charge in [-0.2, -0.15) is 5.10 Å². The van der Waals surface area contributed by atoms with Crippen LogP contribution in [0.25, 0.3) is 56.0 Å². The fourth-order valence-corrected chi connectivity index (χ4v) is 4.90. The van der Waals surface area contributed by atoms with E-state index >= 15 is 0 Å². The molecule has 0 saturated heterocycles. The number of ether oxygens (including phenoxy) is 1. The highest BCUT2D eigenvalue weighted by atomic mass is 19.1. The van der Waals surface area contributed by atoms with Crippen LogP contribution in [0.4, 0.5) is 10.1 Å². The van der Waals surface area contributed by atoms with E-state index in [-0.39, 0.29) is 5.41 Å². The van der Waals surface area contributed by atoms with Gasteiger partial charge in [-0.05, 0) is 56.3 Å². The lowest BCUT2D eigenvalue weighted by Gasteiger charge is -2.18. The Bertz CT molecular complexity index is 1920. The summed E-state index contributed by atoms with van der Waals surface area (Å²) < 4.78 is 20.4. The Morgan fingerprint density at radius 2 is 1.82 bits per heavy atom. The summed E-state index contributed by atoms with van der Waals surface area (Å²) in [5, 5.41) is 12.0. The van der Waals surface area contributed by atoms with Crippen LogP contribution in [-0.2, 0) is 0 Å². The molecule has 5 aromatic heterocycles. The molecule has 44 heavy (non-hydrogen) atoms. The molecule has 0 radical (unpaired) electrons. The van der Waals surface area contributed by atoms with Crippen molar-refractivity contribution >= 4 is 27.6 Å². The third kappa shape index (κ3) is 6.52. The molecule has 0 spiro atoms. The van der Waals surface area contributed by atoms with Gasteiger partial charge in [0.1, 0.15) is 29.4 Å². The molecule has 0 aliphatic heterocycles. The number of likely N-dealkylation sites (N-methyl/N-ethyl adjacent to an activating group) is 1. The van der Waals surface area contributed by atoms with Crippen molar-refractivity contribution in [2.75, 3.05) is 39.1 Å². The molecule has 1 aromatic carbocycles. The van der Waals surface area contributed by atoms with Crippen LogP contribution in [-0.4, -0.2) is 73.8 Å². The van der Waals surface area contributed by atoms with E-state index in [0.29, 0.717) is 47.2 Å². The van der Waals surface area contributed by atoms with Crippen molar-refractivity contribution in [1.29, 1.82) is 0 Å². The van der Waals surface area contributed by atoms with Gasteiger partial charge < -0.3 is 19.9 Å². The second-order valence-corrected chi connectivity index (χ2v) is 12.4. The summed E-state index contributed by atoms with van der Waals surface area (Å²) in [4.78, 5) is 23.9. The van der Waals surface area contributed by atoms with Crippen LogP contribution in [0.15, 0.2) is 61.2 Å². The van der Waals surface area contributed by atoms with E-state index in [1.165, 1.54) is 12.1 Å². The third-order valence-electron chi connectivity index (χ3n) is 7.26. The molecular weight excluding hydrogens is 557 g/mol. The number of hydrogen-bond acceptors (Lipinski definition) is 8. The van der Waals surface area contributed by atoms with Gasteiger partial charge in [-0.15, -0.1) is 0 Å². The van der Waals surface area contributed by atoms with E-state index in [4.69, 9.17) is 9.72 Å². The summed E-state index contributed by atoms with van der Waals surface area (Å²) in [6, 6.07) is 10.5. The van der Waals surface area contributed by atoms with E-state index in [2.05, 4.69) is 62.3 Å². The molecular formula is C33H36FN9O. The highest BCUT2D eigenvalue weighted by Gasteiger charge is 2.18. The molecule has 0 amide bonds. The summed E-state index contributed by atoms with van der Waals surface area (Å²) in [6.07, 6.45) is 8.11. The second kappa shape index (κ2) is 12.0. The number of aromatic amines is 2. The highest BCUT2D eigenvalue weighted by Crippen LogP contribution is 2.33. The van der Waals surface area contributed by atoms with Crippen molar-refractivity contribution in [1.82, 2.24) is 40.0 Å². The average molecular weight is 594 g/mol.